The van der Waals surface area contributed by atoms with E-state index in [1.54, 1.807) is 0 Å². The number of carbonyl (C=O) groups is 1. The molecule has 104 valence electrons. The highest BCUT2D eigenvalue weighted by Gasteiger charge is 2.21. The Morgan fingerprint density at radius 1 is 1.63 bits per heavy atom. The van der Waals surface area contributed by atoms with Gasteiger partial charge in [-0.1, -0.05) is 23.7 Å². The maximum absolute atomic E-state index is 12.1. The van der Waals surface area contributed by atoms with Gasteiger partial charge in [0, 0.05) is 29.1 Å². The molecule has 1 aromatic carbocycles. The van der Waals surface area contributed by atoms with Crippen LogP contribution in [-0.4, -0.2) is 36.0 Å². The molecule has 0 saturated carbocycles. The number of amides is 1. The van der Waals surface area contributed by atoms with E-state index in [1.807, 2.05) is 43.0 Å². The molecule has 2 N–H and O–H groups in total. The molecule has 0 spiro atoms. The Labute approximate surface area is 123 Å². The van der Waals surface area contributed by atoms with E-state index >= 15 is 0 Å². The summed E-state index contributed by atoms with van der Waals surface area (Å²) < 4.78 is 0. The summed E-state index contributed by atoms with van der Waals surface area (Å²) in [5, 5.41) is 7.04. The summed E-state index contributed by atoms with van der Waals surface area (Å²) in [7, 11) is 0. The number of halogens is 1. The van der Waals surface area contributed by atoms with Crippen molar-refractivity contribution >= 4 is 29.3 Å². The van der Waals surface area contributed by atoms with Crippen LogP contribution in [0.5, 0.6) is 0 Å². The molecule has 1 aliphatic rings. The summed E-state index contributed by atoms with van der Waals surface area (Å²) in [6, 6.07) is 7.82. The summed E-state index contributed by atoms with van der Waals surface area (Å²) in [5.41, 5.74) is 1.14. The van der Waals surface area contributed by atoms with Crippen molar-refractivity contribution < 1.29 is 4.79 Å². The Morgan fingerprint density at radius 2 is 2.47 bits per heavy atom. The average molecular weight is 299 g/mol. The first kappa shape index (κ1) is 14.7. The van der Waals surface area contributed by atoms with E-state index in [2.05, 4.69) is 10.6 Å². The summed E-state index contributed by atoms with van der Waals surface area (Å²) in [5.74, 6) is 2.04. The van der Waals surface area contributed by atoms with E-state index in [0.717, 1.165) is 35.1 Å². The van der Waals surface area contributed by atoms with Crippen molar-refractivity contribution in [1.29, 1.82) is 0 Å². The minimum Gasteiger partial charge on any atom is -0.352 e. The molecule has 1 heterocycles. The van der Waals surface area contributed by atoms with E-state index in [0.29, 0.717) is 0 Å². The zero-order valence-electron chi connectivity index (χ0n) is 11.0. The molecular formula is C14H19ClN2OS. The molecule has 2 unspecified atom stereocenters. The third-order valence-corrected chi connectivity index (χ3v) is 4.35. The van der Waals surface area contributed by atoms with Gasteiger partial charge in [0.2, 0.25) is 5.91 Å². The number of hydrogen-bond donors (Lipinski definition) is 2. The predicted molar refractivity (Wildman–Crippen MR) is 81.9 cm³/mol. The Morgan fingerprint density at radius 3 is 3.16 bits per heavy atom. The van der Waals surface area contributed by atoms with E-state index in [1.165, 1.54) is 0 Å². The van der Waals surface area contributed by atoms with Gasteiger partial charge in [0.15, 0.2) is 0 Å². The number of benzene rings is 1. The van der Waals surface area contributed by atoms with Crippen LogP contribution < -0.4 is 10.6 Å². The minimum absolute atomic E-state index is 0.0550. The van der Waals surface area contributed by atoms with Crippen molar-refractivity contribution in [2.45, 2.75) is 25.4 Å². The van der Waals surface area contributed by atoms with Crippen LogP contribution in [0, 0.1) is 0 Å². The molecule has 1 aliphatic heterocycles. The van der Waals surface area contributed by atoms with E-state index in [-0.39, 0.29) is 18.0 Å². The highest BCUT2D eigenvalue weighted by molar-refractivity contribution is 7.99. The lowest BCUT2D eigenvalue weighted by molar-refractivity contribution is -0.123. The Balaban J connectivity index is 1.83. The lowest BCUT2D eigenvalue weighted by Crippen LogP contribution is -2.51. The van der Waals surface area contributed by atoms with E-state index in [4.69, 9.17) is 11.6 Å². The van der Waals surface area contributed by atoms with Gasteiger partial charge >= 0.3 is 0 Å². The molecule has 0 bridgehead atoms. The highest BCUT2D eigenvalue weighted by atomic mass is 35.5. The first-order valence-electron chi connectivity index (χ1n) is 6.51. The van der Waals surface area contributed by atoms with Gasteiger partial charge in [-0.2, -0.15) is 11.8 Å². The number of carbonyl (C=O) groups excluding carboxylic acids is 1. The molecule has 3 nitrogen and oxygen atoms in total. The molecule has 1 amide bonds. The standard InChI is InChI=1S/C14H19ClN2OS/c1-10(7-11-3-2-4-12(15)8-11)17-14(18)13-9-19-6-5-16-13/h2-4,8,10,13,16H,5-7,9H2,1H3,(H,17,18). The van der Waals surface area contributed by atoms with Crippen LogP contribution in [-0.2, 0) is 11.2 Å². The molecular weight excluding hydrogens is 280 g/mol. The van der Waals surface area contributed by atoms with Crippen LogP contribution in [0.1, 0.15) is 12.5 Å². The van der Waals surface area contributed by atoms with Crippen LogP contribution >= 0.6 is 23.4 Å². The molecule has 2 rings (SSSR count). The zero-order chi connectivity index (χ0) is 13.7. The lowest BCUT2D eigenvalue weighted by Gasteiger charge is -2.24. The smallest absolute Gasteiger partial charge is 0.238 e. The largest absolute Gasteiger partial charge is 0.352 e. The third kappa shape index (κ3) is 4.71. The summed E-state index contributed by atoms with van der Waals surface area (Å²) >= 11 is 7.78. The molecule has 19 heavy (non-hydrogen) atoms. The highest BCUT2D eigenvalue weighted by Crippen LogP contribution is 2.13. The fourth-order valence-electron chi connectivity index (χ4n) is 2.15. The van der Waals surface area contributed by atoms with Crippen molar-refractivity contribution in [3.8, 4) is 0 Å². The monoisotopic (exact) mass is 298 g/mol. The topological polar surface area (TPSA) is 41.1 Å². The first-order valence-corrected chi connectivity index (χ1v) is 8.04. The van der Waals surface area contributed by atoms with Crippen molar-refractivity contribution in [3.63, 3.8) is 0 Å². The molecule has 2 atom stereocenters. The SMILES string of the molecule is CC(Cc1cccc(Cl)c1)NC(=O)C1CSCCN1. The maximum Gasteiger partial charge on any atom is 0.238 e. The van der Waals surface area contributed by atoms with Gasteiger partial charge in [-0.25, -0.2) is 0 Å². The molecule has 0 aliphatic carbocycles. The molecule has 1 aromatic rings. The fourth-order valence-corrected chi connectivity index (χ4v) is 3.29. The molecule has 1 saturated heterocycles. The Hall–Kier alpha value is -0.710. The number of hydrogen-bond acceptors (Lipinski definition) is 3. The minimum atomic E-state index is -0.0550. The van der Waals surface area contributed by atoms with Crippen LogP contribution in [0.2, 0.25) is 5.02 Å². The zero-order valence-corrected chi connectivity index (χ0v) is 12.6. The van der Waals surface area contributed by atoms with Crippen molar-refractivity contribution in [3.05, 3.63) is 34.9 Å². The number of nitrogens with one attached hydrogen (secondary N) is 2. The lowest BCUT2D eigenvalue weighted by atomic mass is 10.1. The van der Waals surface area contributed by atoms with E-state index in [9.17, 15) is 4.79 Å². The van der Waals surface area contributed by atoms with Crippen LogP contribution in [0.15, 0.2) is 24.3 Å². The van der Waals surface area contributed by atoms with Gasteiger partial charge in [0.25, 0.3) is 0 Å². The van der Waals surface area contributed by atoms with Gasteiger partial charge in [-0.05, 0) is 31.0 Å². The molecule has 1 fully saturated rings. The summed E-state index contributed by atoms with van der Waals surface area (Å²) in [6.45, 7) is 2.93. The fraction of sp³-hybridized carbons (Fsp3) is 0.500. The average Bonchev–Trinajstić information content (AvgIpc) is 2.39. The predicted octanol–water partition coefficient (Wildman–Crippen LogP) is 2.09. The van der Waals surface area contributed by atoms with Gasteiger partial charge in [0.1, 0.15) is 0 Å². The molecule has 0 radical (unpaired) electrons. The normalized spacial score (nSPS) is 20.8. The molecule has 0 aromatic heterocycles. The second-order valence-electron chi connectivity index (χ2n) is 4.83. The molecule has 5 heteroatoms. The second-order valence-corrected chi connectivity index (χ2v) is 6.41. The number of thioether (sulfide) groups is 1. The number of rotatable bonds is 4. The third-order valence-electron chi connectivity index (χ3n) is 3.06. The van der Waals surface area contributed by atoms with Crippen LogP contribution in [0.25, 0.3) is 0 Å². The van der Waals surface area contributed by atoms with Gasteiger partial charge in [-0.3, -0.25) is 4.79 Å². The van der Waals surface area contributed by atoms with Gasteiger partial charge in [0.05, 0.1) is 6.04 Å². The quantitative estimate of drug-likeness (QED) is 0.894. The Kier molecular flexibility index (Phi) is 5.55. The Bertz CT molecular complexity index is 435. The summed E-state index contributed by atoms with van der Waals surface area (Å²) in [6.07, 6.45) is 0.798. The van der Waals surface area contributed by atoms with Gasteiger partial charge < -0.3 is 10.6 Å². The van der Waals surface area contributed by atoms with E-state index < -0.39 is 0 Å². The van der Waals surface area contributed by atoms with Crippen LogP contribution in [0.4, 0.5) is 0 Å². The summed E-state index contributed by atoms with van der Waals surface area (Å²) in [4.78, 5) is 12.1. The van der Waals surface area contributed by atoms with Crippen molar-refractivity contribution in [1.82, 2.24) is 10.6 Å². The van der Waals surface area contributed by atoms with Crippen LogP contribution in [0.3, 0.4) is 0 Å². The van der Waals surface area contributed by atoms with Crippen molar-refractivity contribution in [2.24, 2.45) is 0 Å². The second kappa shape index (κ2) is 7.17. The van der Waals surface area contributed by atoms with Crippen molar-refractivity contribution in [2.75, 3.05) is 18.1 Å². The first-order chi connectivity index (χ1) is 9.15. The maximum atomic E-state index is 12.1. The van der Waals surface area contributed by atoms with Gasteiger partial charge in [-0.15, -0.1) is 0 Å².